The summed E-state index contributed by atoms with van der Waals surface area (Å²) in [6.45, 7) is 3.20. The summed E-state index contributed by atoms with van der Waals surface area (Å²) in [5.74, 6) is -0.275. The lowest BCUT2D eigenvalue weighted by Gasteiger charge is -2.25. The van der Waals surface area contributed by atoms with Gasteiger partial charge in [-0.05, 0) is 55.7 Å². The lowest BCUT2D eigenvalue weighted by Crippen LogP contribution is -2.41. The van der Waals surface area contributed by atoms with Crippen molar-refractivity contribution in [3.05, 3.63) is 71.5 Å². The molecule has 2 aliphatic rings. The van der Waals surface area contributed by atoms with Gasteiger partial charge in [0.1, 0.15) is 0 Å². The maximum Gasteiger partial charge on any atom is 0.276 e. The monoisotopic (exact) mass is 445 g/mol. The standard InChI is InChI=1S/C25H27N5O3/c31-23(17-29-13-15-33-16-14-29)26-18-9-11-19(12-10-18)27-25(32)24-21-7-4-8-22(21)30(28-24)20-5-2-1-3-6-20/h1-3,5-6,9-12H,4,7-8,13-17H2,(H,26,31)(H,27,32). The molecule has 2 heterocycles. The largest absolute Gasteiger partial charge is 0.379 e. The van der Waals surface area contributed by atoms with E-state index in [1.165, 1.54) is 0 Å². The molecule has 8 heteroatoms. The van der Waals surface area contributed by atoms with E-state index in [9.17, 15) is 9.59 Å². The van der Waals surface area contributed by atoms with Crippen LogP contribution in [0.3, 0.4) is 0 Å². The van der Waals surface area contributed by atoms with E-state index >= 15 is 0 Å². The summed E-state index contributed by atoms with van der Waals surface area (Å²) in [7, 11) is 0. The number of para-hydroxylation sites is 1. The predicted molar refractivity (Wildman–Crippen MR) is 126 cm³/mol. The number of ether oxygens (including phenoxy) is 1. The van der Waals surface area contributed by atoms with E-state index in [-0.39, 0.29) is 11.8 Å². The summed E-state index contributed by atoms with van der Waals surface area (Å²) in [4.78, 5) is 27.4. The van der Waals surface area contributed by atoms with Gasteiger partial charge < -0.3 is 15.4 Å². The van der Waals surface area contributed by atoms with Gasteiger partial charge in [-0.3, -0.25) is 14.5 Å². The third kappa shape index (κ3) is 4.81. The molecule has 1 aliphatic carbocycles. The first kappa shape index (κ1) is 21.4. The molecule has 1 aliphatic heterocycles. The molecule has 5 rings (SSSR count). The fourth-order valence-electron chi connectivity index (χ4n) is 4.39. The Morgan fingerprint density at radius 2 is 1.61 bits per heavy atom. The fraction of sp³-hybridized carbons (Fsp3) is 0.320. The third-order valence-electron chi connectivity index (χ3n) is 6.04. The smallest absolute Gasteiger partial charge is 0.276 e. The molecule has 1 fully saturated rings. The predicted octanol–water partition coefficient (Wildman–Crippen LogP) is 2.88. The van der Waals surface area contributed by atoms with Crippen molar-refractivity contribution in [2.75, 3.05) is 43.5 Å². The molecule has 2 amide bonds. The highest BCUT2D eigenvalue weighted by molar-refractivity contribution is 6.04. The molecule has 0 atom stereocenters. The molecule has 3 aromatic rings. The molecule has 170 valence electrons. The normalized spacial score (nSPS) is 15.8. The van der Waals surface area contributed by atoms with E-state index in [0.717, 1.165) is 49.3 Å². The summed E-state index contributed by atoms with van der Waals surface area (Å²) >= 11 is 0. The number of hydrogen-bond donors (Lipinski definition) is 2. The molecular weight excluding hydrogens is 418 g/mol. The van der Waals surface area contributed by atoms with Crippen LogP contribution in [-0.2, 0) is 22.4 Å². The summed E-state index contributed by atoms with van der Waals surface area (Å²) in [6, 6.07) is 17.1. The van der Waals surface area contributed by atoms with E-state index in [1.54, 1.807) is 24.3 Å². The SMILES string of the molecule is O=C(CN1CCOCC1)Nc1ccc(NC(=O)c2nn(-c3ccccc3)c3c2CCC3)cc1. The second-order valence-electron chi connectivity index (χ2n) is 8.34. The van der Waals surface area contributed by atoms with E-state index in [1.807, 2.05) is 35.0 Å². The molecule has 1 aromatic heterocycles. The number of nitrogens with zero attached hydrogens (tertiary/aromatic N) is 3. The van der Waals surface area contributed by atoms with Crippen molar-refractivity contribution >= 4 is 23.2 Å². The summed E-state index contributed by atoms with van der Waals surface area (Å²) in [5, 5.41) is 10.5. The molecule has 2 aromatic carbocycles. The minimum absolute atomic E-state index is 0.0595. The quantitative estimate of drug-likeness (QED) is 0.609. The van der Waals surface area contributed by atoms with Gasteiger partial charge in [-0.15, -0.1) is 0 Å². The van der Waals surface area contributed by atoms with Crippen molar-refractivity contribution in [3.8, 4) is 5.69 Å². The van der Waals surface area contributed by atoms with Gasteiger partial charge in [0.05, 0.1) is 25.4 Å². The first-order valence-electron chi connectivity index (χ1n) is 11.3. The number of carbonyl (C=O) groups is 2. The number of morpholine rings is 1. The Bertz CT molecular complexity index is 1130. The van der Waals surface area contributed by atoms with Gasteiger partial charge in [0, 0.05) is 35.7 Å². The molecule has 2 N–H and O–H groups in total. The lowest BCUT2D eigenvalue weighted by molar-refractivity contribution is -0.118. The number of hydrogen-bond acceptors (Lipinski definition) is 5. The number of nitrogens with one attached hydrogen (secondary N) is 2. The molecule has 0 saturated carbocycles. The molecule has 0 bridgehead atoms. The second kappa shape index (κ2) is 9.56. The van der Waals surface area contributed by atoms with Gasteiger partial charge >= 0.3 is 0 Å². The number of carbonyl (C=O) groups excluding carboxylic acids is 2. The Morgan fingerprint density at radius 3 is 2.33 bits per heavy atom. The van der Waals surface area contributed by atoms with Gasteiger partial charge in [0.15, 0.2) is 5.69 Å². The highest BCUT2D eigenvalue weighted by Crippen LogP contribution is 2.28. The maximum absolute atomic E-state index is 13.0. The Hall–Kier alpha value is -3.49. The minimum atomic E-state index is -0.216. The van der Waals surface area contributed by atoms with Crippen molar-refractivity contribution in [2.45, 2.75) is 19.3 Å². The second-order valence-corrected chi connectivity index (χ2v) is 8.34. The van der Waals surface area contributed by atoms with E-state index in [2.05, 4.69) is 20.6 Å². The molecule has 0 unspecified atom stereocenters. The summed E-state index contributed by atoms with van der Waals surface area (Å²) in [6.07, 6.45) is 2.81. The van der Waals surface area contributed by atoms with Gasteiger partial charge in [0.25, 0.3) is 5.91 Å². The first-order valence-corrected chi connectivity index (χ1v) is 11.3. The Labute approximate surface area is 192 Å². The molecule has 8 nitrogen and oxygen atoms in total. The van der Waals surface area contributed by atoms with Gasteiger partial charge in [-0.1, -0.05) is 18.2 Å². The van der Waals surface area contributed by atoms with Gasteiger partial charge in [-0.25, -0.2) is 4.68 Å². The topological polar surface area (TPSA) is 88.5 Å². The first-order chi connectivity index (χ1) is 16.2. The molecule has 33 heavy (non-hydrogen) atoms. The maximum atomic E-state index is 13.0. The van der Waals surface area contributed by atoms with Crippen LogP contribution in [-0.4, -0.2) is 59.3 Å². The van der Waals surface area contributed by atoms with Crippen LogP contribution in [0.25, 0.3) is 5.69 Å². The van der Waals surface area contributed by atoms with Crippen molar-refractivity contribution < 1.29 is 14.3 Å². The lowest BCUT2D eigenvalue weighted by atomic mass is 10.2. The van der Waals surface area contributed by atoms with Gasteiger partial charge in [-0.2, -0.15) is 5.10 Å². The highest BCUT2D eigenvalue weighted by atomic mass is 16.5. The molecular formula is C25H27N5O3. The van der Waals surface area contributed by atoms with Crippen molar-refractivity contribution in [1.82, 2.24) is 14.7 Å². The zero-order chi connectivity index (χ0) is 22.6. The van der Waals surface area contributed by atoms with Crippen LogP contribution < -0.4 is 10.6 Å². The minimum Gasteiger partial charge on any atom is -0.379 e. The Kier molecular flexibility index (Phi) is 6.19. The van der Waals surface area contributed by atoms with Crippen molar-refractivity contribution in [3.63, 3.8) is 0 Å². The number of rotatable bonds is 6. The molecule has 0 radical (unpaired) electrons. The van der Waals surface area contributed by atoms with Crippen molar-refractivity contribution in [1.29, 1.82) is 0 Å². The number of anilines is 2. The zero-order valence-electron chi connectivity index (χ0n) is 18.4. The van der Waals surface area contributed by atoms with Crippen LogP contribution in [0, 0.1) is 0 Å². The van der Waals surface area contributed by atoms with Crippen molar-refractivity contribution in [2.24, 2.45) is 0 Å². The summed E-state index contributed by atoms with van der Waals surface area (Å²) < 4.78 is 7.20. The third-order valence-corrected chi connectivity index (χ3v) is 6.04. The average molecular weight is 446 g/mol. The Balaban J connectivity index is 1.24. The number of aromatic nitrogens is 2. The van der Waals surface area contributed by atoms with Crippen LogP contribution in [0.1, 0.15) is 28.2 Å². The van der Waals surface area contributed by atoms with Crippen LogP contribution in [0.2, 0.25) is 0 Å². The fourth-order valence-corrected chi connectivity index (χ4v) is 4.39. The molecule has 0 spiro atoms. The number of fused-ring (bicyclic) bond motifs is 1. The van der Waals surface area contributed by atoms with E-state index in [0.29, 0.717) is 36.8 Å². The number of amides is 2. The van der Waals surface area contributed by atoms with Crippen LogP contribution in [0.4, 0.5) is 11.4 Å². The van der Waals surface area contributed by atoms with Crippen LogP contribution in [0.5, 0.6) is 0 Å². The van der Waals surface area contributed by atoms with Crippen LogP contribution in [0.15, 0.2) is 54.6 Å². The summed E-state index contributed by atoms with van der Waals surface area (Å²) in [5.41, 5.74) is 4.95. The number of benzene rings is 2. The van der Waals surface area contributed by atoms with E-state index < -0.39 is 0 Å². The average Bonchev–Trinajstić information content (AvgIpc) is 3.44. The van der Waals surface area contributed by atoms with E-state index in [4.69, 9.17) is 4.74 Å². The van der Waals surface area contributed by atoms with Gasteiger partial charge in [0.2, 0.25) is 5.91 Å². The zero-order valence-corrected chi connectivity index (χ0v) is 18.4. The van der Waals surface area contributed by atoms with Crippen LogP contribution >= 0.6 is 0 Å². The highest BCUT2D eigenvalue weighted by Gasteiger charge is 2.27. The Morgan fingerprint density at radius 1 is 0.909 bits per heavy atom. The molecule has 1 saturated heterocycles.